The summed E-state index contributed by atoms with van der Waals surface area (Å²) in [6.45, 7) is 6.02. The summed E-state index contributed by atoms with van der Waals surface area (Å²) in [6, 6.07) is 5.28. The summed E-state index contributed by atoms with van der Waals surface area (Å²) in [5.74, 6) is 1.97. The van der Waals surface area contributed by atoms with E-state index in [1.807, 2.05) is 20.8 Å². The molecule has 0 fully saturated rings. The van der Waals surface area contributed by atoms with E-state index in [0.29, 0.717) is 23.1 Å². The van der Waals surface area contributed by atoms with Crippen LogP contribution >= 0.6 is 0 Å². The van der Waals surface area contributed by atoms with Crippen LogP contribution in [-0.2, 0) is 6.61 Å². The first kappa shape index (κ1) is 15.2. The second-order valence-corrected chi connectivity index (χ2v) is 6.13. The van der Waals surface area contributed by atoms with E-state index >= 15 is 0 Å². The largest absolute Gasteiger partial charge is 0.484 e. The molecule has 1 N–H and O–H groups in total. The second kappa shape index (κ2) is 5.83. The smallest absolute Gasteiger partial charge is 0.273 e. The van der Waals surface area contributed by atoms with Gasteiger partial charge in [-0.15, -0.1) is 0 Å². The number of carbonyl (C=O) groups excluding carboxylic acids is 1. The highest BCUT2D eigenvalue weighted by molar-refractivity contribution is 5.92. The lowest BCUT2D eigenvalue weighted by molar-refractivity contribution is 0.0914. The van der Waals surface area contributed by atoms with Gasteiger partial charge in [0, 0.05) is 11.6 Å². The fourth-order valence-electron chi connectivity index (χ4n) is 2.00. The third kappa shape index (κ3) is 3.74. The highest BCUT2D eigenvalue weighted by Crippen LogP contribution is 2.35. The molecular formula is C16H18N2O5. The monoisotopic (exact) mass is 318 g/mol. The summed E-state index contributed by atoms with van der Waals surface area (Å²) in [4.78, 5) is 16.1. The zero-order valence-electron chi connectivity index (χ0n) is 13.2. The Morgan fingerprint density at radius 3 is 2.87 bits per heavy atom. The molecular weight excluding hydrogens is 300 g/mol. The lowest BCUT2D eigenvalue weighted by atomic mass is 10.1. The predicted molar refractivity (Wildman–Crippen MR) is 80.6 cm³/mol. The molecule has 2 heterocycles. The van der Waals surface area contributed by atoms with Crippen molar-refractivity contribution in [2.45, 2.75) is 32.9 Å². The Hall–Kier alpha value is -2.70. The summed E-state index contributed by atoms with van der Waals surface area (Å²) >= 11 is 0. The highest BCUT2D eigenvalue weighted by atomic mass is 16.7. The van der Waals surface area contributed by atoms with Crippen LogP contribution in [0.15, 0.2) is 28.9 Å². The van der Waals surface area contributed by atoms with Gasteiger partial charge in [0.05, 0.1) is 0 Å². The van der Waals surface area contributed by atoms with E-state index in [9.17, 15) is 4.79 Å². The summed E-state index contributed by atoms with van der Waals surface area (Å²) < 4.78 is 21.4. The summed E-state index contributed by atoms with van der Waals surface area (Å²) in [7, 11) is 0. The van der Waals surface area contributed by atoms with Gasteiger partial charge in [-0.1, -0.05) is 0 Å². The van der Waals surface area contributed by atoms with Crippen molar-refractivity contribution in [1.82, 2.24) is 10.3 Å². The molecule has 122 valence electrons. The van der Waals surface area contributed by atoms with E-state index in [1.54, 1.807) is 18.2 Å². The Kier molecular flexibility index (Phi) is 3.85. The van der Waals surface area contributed by atoms with Crippen molar-refractivity contribution in [3.63, 3.8) is 0 Å². The Balaban J connectivity index is 1.60. The van der Waals surface area contributed by atoms with Gasteiger partial charge >= 0.3 is 0 Å². The number of ether oxygens (including phenoxy) is 3. The van der Waals surface area contributed by atoms with Crippen LogP contribution in [0.4, 0.5) is 0 Å². The number of hydrogen-bond acceptors (Lipinski definition) is 6. The lowest BCUT2D eigenvalue weighted by Crippen LogP contribution is -2.40. The van der Waals surface area contributed by atoms with Gasteiger partial charge in [-0.25, -0.2) is 4.98 Å². The van der Waals surface area contributed by atoms with Gasteiger partial charge in [-0.3, -0.25) is 4.79 Å². The van der Waals surface area contributed by atoms with Gasteiger partial charge in [-0.05, 0) is 32.9 Å². The molecule has 1 aromatic carbocycles. The molecule has 0 radical (unpaired) electrons. The Morgan fingerprint density at radius 1 is 1.30 bits per heavy atom. The number of oxazole rings is 1. The van der Waals surface area contributed by atoms with E-state index in [0.717, 1.165) is 0 Å². The minimum absolute atomic E-state index is 0.114. The van der Waals surface area contributed by atoms with E-state index in [-0.39, 0.29) is 30.5 Å². The number of fused-ring (bicyclic) bond motifs is 1. The number of nitrogens with zero attached hydrogens (tertiary/aromatic N) is 1. The van der Waals surface area contributed by atoms with Crippen molar-refractivity contribution >= 4 is 5.91 Å². The maximum absolute atomic E-state index is 12.0. The maximum atomic E-state index is 12.0. The van der Waals surface area contributed by atoms with Gasteiger partial charge in [0.25, 0.3) is 5.91 Å². The van der Waals surface area contributed by atoms with Gasteiger partial charge in [-0.2, -0.15) is 0 Å². The molecule has 0 saturated heterocycles. The number of rotatable bonds is 4. The zero-order chi connectivity index (χ0) is 16.4. The van der Waals surface area contributed by atoms with Crippen molar-refractivity contribution in [2.24, 2.45) is 0 Å². The minimum Gasteiger partial charge on any atom is -0.484 e. The van der Waals surface area contributed by atoms with Crippen LogP contribution < -0.4 is 19.5 Å². The molecule has 1 aliphatic heterocycles. The average molecular weight is 318 g/mol. The molecule has 1 amide bonds. The first-order valence-corrected chi connectivity index (χ1v) is 7.20. The van der Waals surface area contributed by atoms with Gasteiger partial charge in [0.2, 0.25) is 12.7 Å². The average Bonchev–Trinajstić information content (AvgIpc) is 3.12. The maximum Gasteiger partial charge on any atom is 0.273 e. The van der Waals surface area contributed by atoms with E-state index in [1.165, 1.54) is 6.26 Å². The summed E-state index contributed by atoms with van der Waals surface area (Å²) in [5, 5.41) is 2.82. The van der Waals surface area contributed by atoms with Crippen molar-refractivity contribution < 1.29 is 23.4 Å². The van der Waals surface area contributed by atoms with Gasteiger partial charge in [0.1, 0.15) is 12.0 Å². The zero-order valence-corrected chi connectivity index (χ0v) is 13.2. The molecule has 0 saturated carbocycles. The first-order valence-electron chi connectivity index (χ1n) is 7.20. The van der Waals surface area contributed by atoms with Crippen molar-refractivity contribution in [1.29, 1.82) is 0 Å². The molecule has 0 spiro atoms. The molecule has 3 rings (SSSR count). The molecule has 23 heavy (non-hydrogen) atoms. The van der Waals surface area contributed by atoms with Crippen molar-refractivity contribution in [3.8, 4) is 17.2 Å². The van der Waals surface area contributed by atoms with E-state index < -0.39 is 0 Å². The molecule has 2 aromatic rings. The minimum atomic E-state index is -0.334. The van der Waals surface area contributed by atoms with Crippen LogP contribution in [0.1, 0.15) is 37.2 Å². The summed E-state index contributed by atoms with van der Waals surface area (Å²) in [5.41, 5.74) is -0.108. The molecule has 1 aliphatic rings. The third-order valence-electron chi connectivity index (χ3n) is 2.98. The number of nitrogens with one attached hydrogen (secondary N) is 1. The van der Waals surface area contributed by atoms with Crippen LogP contribution in [0.3, 0.4) is 0 Å². The Labute approximate surface area is 133 Å². The standard InChI is InChI=1S/C16H18N2O5/c1-16(2,3)18-15(19)11-7-21-14(17-11)8-20-10-4-5-12-13(6-10)23-9-22-12/h4-7H,8-9H2,1-3H3,(H,18,19). The third-order valence-corrected chi connectivity index (χ3v) is 2.98. The number of amides is 1. The molecule has 1 aromatic heterocycles. The van der Waals surface area contributed by atoms with Crippen LogP contribution in [-0.4, -0.2) is 23.2 Å². The first-order chi connectivity index (χ1) is 10.9. The molecule has 7 heteroatoms. The van der Waals surface area contributed by atoms with Gasteiger partial charge in [0.15, 0.2) is 23.8 Å². The van der Waals surface area contributed by atoms with Crippen LogP contribution in [0.5, 0.6) is 17.2 Å². The Bertz CT molecular complexity index is 718. The van der Waals surface area contributed by atoms with E-state index in [2.05, 4.69) is 10.3 Å². The van der Waals surface area contributed by atoms with Crippen LogP contribution in [0.2, 0.25) is 0 Å². The van der Waals surface area contributed by atoms with Crippen LogP contribution in [0, 0.1) is 0 Å². The SMILES string of the molecule is CC(C)(C)NC(=O)c1coc(COc2ccc3c(c2)OCO3)n1. The predicted octanol–water partition coefficient (Wildman–Crippen LogP) is 2.51. The number of benzene rings is 1. The lowest BCUT2D eigenvalue weighted by Gasteiger charge is -2.19. The Morgan fingerprint density at radius 2 is 2.09 bits per heavy atom. The molecule has 0 atom stereocenters. The number of carbonyl (C=O) groups is 1. The molecule has 7 nitrogen and oxygen atoms in total. The summed E-state index contributed by atoms with van der Waals surface area (Å²) in [6.07, 6.45) is 1.32. The normalized spacial score (nSPS) is 13.0. The van der Waals surface area contributed by atoms with Crippen molar-refractivity contribution in [3.05, 3.63) is 36.0 Å². The molecule has 0 bridgehead atoms. The molecule has 0 unspecified atom stereocenters. The van der Waals surface area contributed by atoms with Gasteiger partial charge < -0.3 is 23.9 Å². The fraction of sp³-hybridized carbons (Fsp3) is 0.375. The quantitative estimate of drug-likeness (QED) is 0.932. The van der Waals surface area contributed by atoms with Crippen molar-refractivity contribution in [2.75, 3.05) is 6.79 Å². The highest BCUT2D eigenvalue weighted by Gasteiger charge is 2.19. The topological polar surface area (TPSA) is 82.8 Å². The molecule has 0 aliphatic carbocycles. The number of hydrogen-bond donors (Lipinski definition) is 1. The second-order valence-electron chi connectivity index (χ2n) is 6.13. The fourth-order valence-corrected chi connectivity index (χ4v) is 2.00. The van der Waals surface area contributed by atoms with E-state index in [4.69, 9.17) is 18.6 Å². The van der Waals surface area contributed by atoms with Crippen LogP contribution in [0.25, 0.3) is 0 Å². The number of aromatic nitrogens is 1.